The molecule has 0 fully saturated rings. The fourth-order valence-electron chi connectivity index (χ4n) is 2.63. The van der Waals surface area contributed by atoms with Gasteiger partial charge >= 0.3 is 0 Å². The van der Waals surface area contributed by atoms with E-state index < -0.39 is 0 Å². The summed E-state index contributed by atoms with van der Waals surface area (Å²) in [6.07, 6.45) is 3.74. The van der Waals surface area contributed by atoms with E-state index in [4.69, 9.17) is 16.3 Å². The van der Waals surface area contributed by atoms with Crippen molar-refractivity contribution in [3.63, 3.8) is 0 Å². The molecule has 28 heavy (non-hydrogen) atoms. The maximum absolute atomic E-state index is 13.0. The predicted octanol–water partition coefficient (Wildman–Crippen LogP) is 5.58. The third kappa shape index (κ3) is 4.37. The molecule has 8 heteroatoms. The molecule has 1 aromatic heterocycles. The lowest BCUT2D eigenvalue weighted by molar-refractivity contribution is 0.360. The molecule has 0 N–H and O–H groups in total. The fourth-order valence-corrected chi connectivity index (χ4v) is 3.94. The number of rotatable bonds is 6. The second-order valence-electron chi connectivity index (χ2n) is 5.81. The van der Waals surface area contributed by atoms with Gasteiger partial charge in [0.25, 0.3) is 5.56 Å². The minimum atomic E-state index is -0.242. The second kappa shape index (κ2) is 9.03. The highest BCUT2D eigenvalue weighted by Gasteiger charge is 2.12. The standard InChI is InChI=1S/C20H16Br2ClN3O2/c1-3-7-28-19-12(8-14(23)10-16(19)22)11-24-26-18(4-2)25-17-6-5-13(21)9-15(17)20(26)27/h3,5-6,8-11H,1,4,7H2,2H3. The molecule has 0 amide bonds. The van der Waals surface area contributed by atoms with Gasteiger partial charge in [0.15, 0.2) is 0 Å². The smallest absolute Gasteiger partial charge is 0.282 e. The number of nitrogens with zero attached hydrogens (tertiary/aromatic N) is 3. The Kier molecular flexibility index (Phi) is 6.69. The minimum Gasteiger partial charge on any atom is -0.488 e. The summed E-state index contributed by atoms with van der Waals surface area (Å²) in [5.74, 6) is 1.13. The third-order valence-corrected chi connectivity index (χ3v) is 5.19. The lowest BCUT2D eigenvalue weighted by atomic mass is 10.2. The molecule has 144 valence electrons. The molecule has 0 aliphatic heterocycles. The Morgan fingerprint density at radius 2 is 2.11 bits per heavy atom. The maximum atomic E-state index is 13.0. The molecule has 3 rings (SSSR count). The van der Waals surface area contributed by atoms with Crippen molar-refractivity contribution in [1.82, 2.24) is 9.66 Å². The van der Waals surface area contributed by atoms with E-state index in [1.54, 1.807) is 30.5 Å². The van der Waals surface area contributed by atoms with Gasteiger partial charge in [0.05, 0.1) is 21.6 Å². The van der Waals surface area contributed by atoms with E-state index in [9.17, 15) is 4.79 Å². The average Bonchev–Trinajstić information content (AvgIpc) is 2.66. The molecule has 0 saturated carbocycles. The van der Waals surface area contributed by atoms with Crippen molar-refractivity contribution >= 4 is 60.6 Å². The van der Waals surface area contributed by atoms with Crippen LogP contribution in [0.15, 0.2) is 61.8 Å². The highest BCUT2D eigenvalue weighted by atomic mass is 79.9. The van der Waals surface area contributed by atoms with Crippen LogP contribution < -0.4 is 10.3 Å². The SMILES string of the molecule is C=CCOc1c(Br)cc(Cl)cc1C=Nn1c(CC)nc2ccc(Br)cc2c1=O. The van der Waals surface area contributed by atoms with E-state index in [1.807, 2.05) is 19.1 Å². The lowest BCUT2D eigenvalue weighted by Gasteiger charge is -2.11. The largest absolute Gasteiger partial charge is 0.488 e. The van der Waals surface area contributed by atoms with Crippen LogP contribution in [-0.2, 0) is 6.42 Å². The molecule has 0 atom stereocenters. The summed E-state index contributed by atoms with van der Waals surface area (Å²) in [7, 11) is 0. The molecular formula is C20H16Br2ClN3O2. The fraction of sp³-hybridized carbons (Fsp3) is 0.150. The van der Waals surface area contributed by atoms with Crippen LogP contribution in [0.4, 0.5) is 0 Å². The highest BCUT2D eigenvalue weighted by Crippen LogP contribution is 2.32. The Labute approximate surface area is 183 Å². The van der Waals surface area contributed by atoms with Crippen molar-refractivity contribution in [2.24, 2.45) is 5.10 Å². The number of benzene rings is 2. The summed E-state index contributed by atoms with van der Waals surface area (Å²) in [5.41, 5.74) is 1.02. The van der Waals surface area contributed by atoms with Gasteiger partial charge in [-0.15, -0.1) is 0 Å². The predicted molar refractivity (Wildman–Crippen MR) is 121 cm³/mol. The number of aromatic nitrogens is 2. The Morgan fingerprint density at radius 3 is 2.82 bits per heavy atom. The summed E-state index contributed by atoms with van der Waals surface area (Å²) in [4.78, 5) is 17.5. The van der Waals surface area contributed by atoms with Gasteiger partial charge in [0, 0.05) is 21.5 Å². The molecule has 1 heterocycles. The van der Waals surface area contributed by atoms with Gasteiger partial charge in [-0.25, -0.2) is 4.98 Å². The summed E-state index contributed by atoms with van der Waals surface area (Å²) < 4.78 is 8.51. The van der Waals surface area contributed by atoms with Gasteiger partial charge in [0.2, 0.25) is 0 Å². The molecule has 0 aliphatic carbocycles. The molecule has 0 bridgehead atoms. The van der Waals surface area contributed by atoms with Gasteiger partial charge in [-0.1, -0.05) is 47.1 Å². The number of hydrogen-bond acceptors (Lipinski definition) is 4. The average molecular weight is 526 g/mol. The highest BCUT2D eigenvalue weighted by molar-refractivity contribution is 9.10. The molecule has 0 radical (unpaired) electrons. The Morgan fingerprint density at radius 1 is 1.32 bits per heavy atom. The van der Waals surface area contributed by atoms with Crippen molar-refractivity contribution < 1.29 is 4.74 Å². The first kappa shape index (κ1) is 20.8. The number of ether oxygens (including phenoxy) is 1. The van der Waals surface area contributed by atoms with E-state index in [0.29, 0.717) is 50.6 Å². The zero-order chi connectivity index (χ0) is 20.3. The quantitative estimate of drug-likeness (QED) is 0.312. The van der Waals surface area contributed by atoms with Gasteiger partial charge in [-0.3, -0.25) is 4.79 Å². The second-order valence-corrected chi connectivity index (χ2v) is 8.02. The van der Waals surface area contributed by atoms with Gasteiger partial charge in [-0.05, 0) is 46.3 Å². The molecular weight excluding hydrogens is 510 g/mol. The van der Waals surface area contributed by atoms with Crippen molar-refractivity contribution in [3.05, 3.63) is 78.7 Å². The Bertz CT molecular complexity index is 1140. The normalized spacial score (nSPS) is 11.3. The molecule has 3 aromatic rings. The van der Waals surface area contributed by atoms with Crippen molar-refractivity contribution in [3.8, 4) is 5.75 Å². The van der Waals surface area contributed by atoms with E-state index in [-0.39, 0.29) is 5.56 Å². The van der Waals surface area contributed by atoms with Crippen LogP contribution in [0.2, 0.25) is 5.02 Å². The monoisotopic (exact) mass is 523 g/mol. The van der Waals surface area contributed by atoms with Gasteiger partial charge in [-0.2, -0.15) is 9.78 Å². The number of fused-ring (bicyclic) bond motifs is 1. The van der Waals surface area contributed by atoms with Crippen molar-refractivity contribution in [2.45, 2.75) is 13.3 Å². The Hall–Kier alpha value is -1.96. The molecule has 0 aliphatic rings. The first-order valence-electron chi connectivity index (χ1n) is 8.43. The van der Waals surface area contributed by atoms with Crippen LogP contribution in [-0.4, -0.2) is 22.5 Å². The zero-order valence-corrected chi connectivity index (χ0v) is 18.9. The van der Waals surface area contributed by atoms with Crippen LogP contribution in [0, 0.1) is 0 Å². The van der Waals surface area contributed by atoms with E-state index in [2.05, 4.69) is 48.5 Å². The van der Waals surface area contributed by atoms with Crippen molar-refractivity contribution in [2.75, 3.05) is 6.61 Å². The summed E-state index contributed by atoms with van der Waals surface area (Å²) in [5, 5.41) is 5.40. The molecule has 0 spiro atoms. The lowest BCUT2D eigenvalue weighted by Crippen LogP contribution is -2.22. The molecule has 2 aromatic carbocycles. The van der Waals surface area contributed by atoms with Crippen molar-refractivity contribution in [1.29, 1.82) is 0 Å². The van der Waals surface area contributed by atoms with E-state index in [1.165, 1.54) is 4.68 Å². The summed E-state index contributed by atoms with van der Waals surface area (Å²) in [6.45, 7) is 5.91. The Balaban J connectivity index is 2.15. The van der Waals surface area contributed by atoms with Crippen LogP contribution in [0.3, 0.4) is 0 Å². The third-order valence-electron chi connectivity index (χ3n) is 3.89. The van der Waals surface area contributed by atoms with Crippen LogP contribution in [0.1, 0.15) is 18.3 Å². The van der Waals surface area contributed by atoms with E-state index in [0.717, 1.165) is 4.47 Å². The topological polar surface area (TPSA) is 56.5 Å². The van der Waals surface area contributed by atoms with Crippen LogP contribution in [0.5, 0.6) is 5.75 Å². The molecule has 0 unspecified atom stereocenters. The van der Waals surface area contributed by atoms with Gasteiger partial charge < -0.3 is 4.74 Å². The minimum absolute atomic E-state index is 0.242. The number of halogens is 3. The first-order chi connectivity index (χ1) is 13.4. The summed E-state index contributed by atoms with van der Waals surface area (Å²) in [6, 6.07) is 8.86. The number of hydrogen-bond donors (Lipinski definition) is 0. The maximum Gasteiger partial charge on any atom is 0.282 e. The van der Waals surface area contributed by atoms with Gasteiger partial charge in [0.1, 0.15) is 18.2 Å². The summed E-state index contributed by atoms with van der Waals surface area (Å²) >= 11 is 13.0. The zero-order valence-electron chi connectivity index (χ0n) is 15.0. The number of aryl methyl sites for hydroxylation is 1. The molecule has 0 saturated heterocycles. The van der Waals surface area contributed by atoms with E-state index >= 15 is 0 Å². The van der Waals surface area contributed by atoms with Crippen LogP contribution >= 0.6 is 43.5 Å². The van der Waals surface area contributed by atoms with Crippen LogP contribution in [0.25, 0.3) is 10.9 Å². The first-order valence-corrected chi connectivity index (χ1v) is 10.4. The molecule has 5 nitrogen and oxygen atoms in total.